The van der Waals surface area contributed by atoms with Crippen molar-refractivity contribution >= 4 is 23.4 Å². The molecule has 5 heteroatoms. The average Bonchev–Trinajstić information content (AvgIpc) is 2.59. The van der Waals surface area contributed by atoms with E-state index in [9.17, 15) is 4.79 Å². The quantitative estimate of drug-likeness (QED) is 0.625. The molecule has 0 bridgehead atoms. The minimum absolute atomic E-state index is 0. The van der Waals surface area contributed by atoms with E-state index in [1.165, 1.54) is 11.1 Å². The van der Waals surface area contributed by atoms with Gasteiger partial charge in [-0.15, -0.1) is 12.4 Å². The first-order chi connectivity index (χ1) is 6.84. The summed E-state index contributed by atoms with van der Waals surface area (Å²) >= 11 is 0. The van der Waals surface area contributed by atoms with Crippen LogP contribution in [0.2, 0.25) is 0 Å². The van der Waals surface area contributed by atoms with Gasteiger partial charge in [0.25, 0.3) is 0 Å². The van der Waals surface area contributed by atoms with Crippen molar-refractivity contribution in [2.24, 2.45) is 0 Å². The smallest absolute Gasteiger partial charge is 0.312 e. The van der Waals surface area contributed by atoms with Gasteiger partial charge in [0.1, 0.15) is 0 Å². The SMILES string of the molecule is Cl.O=c1[nH]c2ccc3c(c2[nH]1)CNCC3. The van der Waals surface area contributed by atoms with E-state index < -0.39 is 0 Å². The largest absolute Gasteiger partial charge is 0.323 e. The summed E-state index contributed by atoms with van der Waals surface area (Å²) < 4.78 is 0. The summed E-state index contributed by atoms with van der Waals surface area (Å²) in [6.07, 6.45) is 1.04. The van der Waals surface area contributed by atoms with Gasteiger partial charge < -0.3 is 15.3 Å². The van der Waals surface area contributed by atoms with E-state index in [0.29, 0.717) is 0 Å². The molecule has 0 atom stereocenters. The van der Waals surface area contributed by atoms with E-state index in [1.807, 2.05) is 6.07 Å². The van der Waals surface area contributed by atoms with Gasteiger partial charge in [-0.3, -0.25) is 0 Å². The molecular weight excluding hydrogens is 214 g/mol. The summed E-state index contributed by atoms with van der Waals surface area (Å²) in [4.78, 5) is 16.7. The van der Waals surface area contributed by atoms with E-state index in [1.54, 1.807) is 0 Å². The van der Waals surface area contributed by atoms with Crippen molar-refractivity contribution in [3.8, 4) is 0 Å². The normalized spacial score (nSPS) is 14.7. The molecular formula is C10H12ClN3O. The molecule has 1 aliphatic rings. The molecule has 1 aromatic heterocycles. The van der Waals surface area contributed by atoms with Gasteiger partial charge in [0.2, 0.25) is 0 Å². The fourth-order valence-corrected chi connectivity index (χ4v) is 2.08. The molecule has 0 amide bonds. The summed E-state index contributed by atoms with van der Waals surface area (Å²) in [6.45, 7) is 1.87. The van der Waals surface area contributed by atoms with Gasteiger partial charge in [-0.25, -0.2) is 4.79 Å². The third-order valence-corrected chi connectivity index (χ3v) is 2.77. The summed E-state index contributed by atoms with van der Waals surface area (Å²) in [5, 5.41) is 3.31. The number of hydrogen-bond donors (Lipinski definition) is 3. The summed E-state index contributed by atoms with van der Waals surface area (Å²) in [5.41, 5.74) is 4.30. The van der Waals surface area contributed by atoms with Crippen molar-refractivity contribution in [3.63, 3.8) is 0 Å². The van der Waals surface area contributed by atoms with Crippen LogP contribution in [0.5, 0.6) is 0 Å². The first-order valence-corrected chi connectivity index (χ1v) is 4.78. The number of fused-ring (bicyclic) bond motifs is 3. The minimum Gasteiger partial charge on any atom is -0.312 e. The predicted molar refractivity (Wildman–Crippen MR) is 61.6 cm³/mol. The van der Waals surface area contributed by atoms with Gasteiger partial charge >= 0.3 is 5.69 Å². The number of aromatic amines is 2. The van der Waals surface area contributed by atoms with Crippen LogP contribution < -0.4 is 11.0 Å². The van der Waals surface area contributed by atoms with Crippen LogP contribution in [0.4, 0.5) is 0 Å². The molecule has 4 nitrogen and oxygen atoms in total. The van der Waals surface area contributed by atoms with Crippen LogP contribution in [0.3, 0.4) is 0 Å². The third-order valence-electron chi connectivity index (χ3n) is 2.77. The summed E-state index contributed by atoms with van der Waals surface area (Å²) in [5.74, 6) is 0. The van der Waals surface area contributed by atoms with Crippen LogP contribution in [-0.2, 0) is 13.0 Å². The highest BCUT2D eigenvalue weighted by atomic mass is 35.5. The highest BCUT2D eigenvalue weighted by molar-refractivity contribution is 5.85. The number of rotatable bonds is 0. The van der Waals surface area contributed by atoms with Gasteiger partial charge in [-0.1, -0.05) is 6.07 Å². The fourth-order valence-electron chi connectivity index (χ4n) is 2.08. The molecule has 0 aliphatic carbocycles. The van der Waals surface area contributed by atoms with Crippen LogP contribution in [-0.4, -0.2) is 16.5 Å². The summed E-state index contributed by atoms with van der Waals surface area (Å²) in [7, 11) is 0. The number of imidazole rings is 1. The molecule has 0 unspecified atom stereocenters. The molecule has 0 fully saturated rings. The van der Waals surface area contributed by atoms with Crippen molar-refractivity contribution in [3.05, 3.63) is 33.7 Å². The first kappa shape index (κ1) is 10.3. The van der Waals surface area contributed by atoms with Gasteiger partial charge in [0.05, 0.1) is 11.0 Å². The second-order valence-corrected chi connectivity index (χ2v) is 3.63. The monoisotopic (exact) mass is 225 g/mol. The minimum atomic E-state index is -0.126. The Labute approximate surface area is 92.5 Å². The van der Waals surface area contributed by atoms with Crippen LogP contribution in [0.15, 0.2) is 16.9 Å². The molecule has 2 aromatic rings. The molecule has 1 aromatic carbocycles. The molecule has 3 rings (SSSR count). The van der Waals surface area contributed by atoms with Crippen molar-refractivity contribution in [2.45, 2.75) is 13.0 Å². The van der Waals surface area contributed by atoms with Crippen LogP contribution in [0, 0.1) is 0 Å². The van der Waals surface area contributed by atoms with Gasteiger partial charge in [-0.2, -0.15) is 0 Å². The zero-order chi connectivity index (χ0) is 9.54. The van der Waals surface area contributed by atoms with Crippen molar-refractivity contribution < 1.29 is 0 Å². The average molecular weight is 226 g/mol. The van der Waals surface area contributed by atoms with E-state index in [0.717, 1.165) is 30.5 Å². The third kappa shape index (κ3) is 1.56. The van der Waals surface area contributed by atoms with Crippen molar-refractivity contribution in [2.75, 3.05) is 6.54 Å². The number of halogens is 1. The van der Waals surface area contributed by atoms with Gasteiger partial charge in [0.15, 0.2) is 0 Å². The van der Waals surface area contributed by atoms with Crippen LogP contribution in [0.25, 0.3) is 11.0 Å². The Balaban J connectivity index is 0.000000853. The summed E-state index contributed by atoms with van der Waals surface area (Å²) in [6, 6.07) is 4.07. The zero-order valence-electron chi connectivity index (χ0n) is 8.09. The van der Waals surface area contributed by atoms with Gasteiger partial charge in [0, 0.05) is 6.54 Å². The Morgan fingerprint density at radius 2 is 2.07 bits per heavy atom. The van der Waals surface area contributed by atoms with Gasteiger partial charge in [-0.05, 0) is 30.2 Å². The second-order valence-electron chi connectivity index (χ2n) is 3.63. The number of benzene rings is 1. The maximum Gasteiger partial charge on any atom is 0.323 e. The van der Waals surface area contributed by atoms with E-state index in [4.69, 9.17) is 0 Å². The molecule has 1 aliphatic heterocycles. The van der Waals surface area contributed by atoms with E-state index in [-0.39, 0.29) is 18.1 Å². The molecule has 0 spiro atoms. The second kappa shape index (κ2) is 3.72. The van der Waals surface area contributed by atoms with Crippen LogP contribution >= 0.6 is 12.4 Å². The van der Waals surface area contributed by atoms with Crippen molar-refractivity contribution in [1.82, 2.24) is 15.3 Å². The Hall–Kier alpha value is -1.26. The maximum absolute atomic E-state index is 11.1. The number of H-pyrrole nitrogens is 2. The first-order valence-electron chi connectivity index (χ1n) is 4.78. The predicted octanol–water partition coefficient (Wildman–Crippen LogP) is 0.924. The molecule has 15 heavy (non-hydrogen) atoms. The standard InChI is InChI=1S/C10H11N3O.ClH/c14-10-12-8-2-1-6-3-4-11-5-7(6)9(8)13-10;/h1-2,11H,3-5H2,(H2,12,13,14);1H. The molecule has 80 valence electrons. The topological polar surface area (TPSA) is 60.7 Å². The lowest BCUT2D eigenvalue weighted by molar-refractivity contribution is 0.647. The van der Waals surface area contributed by atoms with E-state index in [2.05, 4.69) is 21.4 Å². The molecule has 3 N–H and O–H groups in total. The molecule has 0 saturated carbocycles. The number of hydrogen-bond acceptors (Lipinski definition) is 2. The highest BCUT2D eigenvalue weighted by Crippen LogP contribution is 2.20. The Bertz CT molecular complexity index is 543. The maximum atomic E-state index is 11.1. The Morgan fingerprint density at radius 1 is 1.20 bits per heavy atom. The molecule has 2 heterocycles. The fraction of sp³-hybridized carbons (Fsp3) is 0.300. The lowest BCUT2D eigenvalue weighted by Crippen LogP contribution is -2.23. The Morgan fingerprint density at radius 3 is 2.93 bits per heavy atom. The highest BCUT2D eigenvalue weighted by Gasteiger charge is 2.12. The molecule has 0 radical (unpaired) electrons. The van der Waals surface area contributed by atoms with Crippen molar-refractivity contribution in [1.29, 1.82) is 0 Å². The lowest BCUT2D eigenvalue weighted by atomic mass is 10.00. The zero-order valence-corrected chi connectivity index (χ0v) is 8.91. The van der Waals surface area contributed by atoms with E-state index >= 15 is 0 Å². The Kier molecular flexibility index (Phi) is 2.54. The number of aromatic nitrogens is 2. The lowest BCUT2D eigenvalue weighted by Gasteiger charge is -2.16. The molecule has 0 saturated heterocycles. The number of nitrogens with one attached hydrogen (secondary N) is 3. The van der Waals surface area contributed by atoms with Crippen LogP contribution in [0.1, 0.15) is 11.1 Å².